The first-order valence-electron chi connectivity index (χ1n) is 5.49. The van der Waals surface area contributed by atoms with Crippen molar-refractivity contribution in [3.63, 3.8) is 0 Å². The van der Waals surface area contributed by atoms with Crippen molar-refractivity contribution in [2.24, 2.45) is 5.10 Å². The first-order chi connectivity index (χ1) is 8.00. The zero-order valence-electron chi connectivity index (χ0n) is 10.7. The van der Waals surface area contributed by atoms with Gasteiger partial charge in [0.05, 0.1) is 0 Å². The Morgan fingerprint density at radius 3 is 2.41 bits per heavy atom. The Morgan fingerprint density at radius 2 is 1.88 bits per heavy atom. The van der Waals surface area contributed by atoms with E-state index in [1.54, 1.807) is 0 Å². The molecule has 17 heavy (non-hydrogen) atoms. The number of hydrogen-bond acceptors (Lipinski definition) is 3. The van der Waals surface area contributed by atoms with Gasteiger partial charge in [-0.05, 0) is 38.8 Å². The number of nitrogens with one attached hydrogen (secondary N) is 1. The Balaban J connectivity index is 2.56. The van der Waals surface area contributed by atoms with Crippen molar-refractivity contribution in [1.29, 1.82) is 0 Å². The zero-order valence-corrected chi connectivity index (χ0v) is 10.7. The summed E-state index contributed by atoms with van der Waals surface area (Å²) in [6, 6.07) is 5.87. The van der Waals surface area contributed by atoms with E-state index in [0.29, 0.717) is 0 Å². The highest BCUT2D eigenvalue weighted by atomic mass is 16.5. The second kappa shape index (κ2) is 6.03. The van der Waals surface area contributed by atoms with Gasteiger partial charge >= 0.3 is 0 Å². The molecule has 0 heterocycles. The summed E-state index contributed by atoms with van der Waals surface area (Å²) in [6.07, 6.45) is 0. The van der Waals surface area contributed by atoms with E-state index in [2.05, 4.69) is 10.5 Å². The maximum atomic E-state index is 11.4. The van der Waals surface area contributed by atoms with Crippen molar-refractivity contribution in [2.75, 3.05) is 6.61 Å². The minimum atomic E-state index is -0.256. The summed E-state index contributed by atoms with van der Waals surface area (Å²) >= 11 is 0. The van der Waals surface area contributed by atoms with Crippen LogP contribution in [0.4, 0.5) is 0 Å². The predicted octanol–water partition coefficient (Wildman–Crippen LogP) is 2.19. The third-order valence-electron chi connectivity index (χ3n) is 2.16. The number of rotatable bonds is 4. The fourth-order valence-corrected chi connectivity index (χ4v) is 1.37. The quantitative estimate of drug-likeness (QED) is 0.641. The summed E-state index contributed by atoms with van der Waals surface area (Å²) in [6.45, 7) is 7.50. The molecule has 4 nitrogen and oxygen atoms in total. The molecular formula is C13H18N2O2. The number of hydrazone groups is 1. The molecule has 0 aromatic heterocycles. The average Bonchev–Trinajstić information content (AvgIpc) is 2.25. The molecule has 0 bridgehead atoms. The minimum absolute atomic E-state index is 0.0253. The van der Waals surface area contributed by atoms with Crippen molar-refractivity contribution >= 4 is 11.6 Å². The van der Waals surface area contributed by atoms with E-state index in [0.717, 1.165) is 22.6 Å². The predicted molar refractivity (Wildman–Crippen MR) is 68.3 cm³/mol. The van der Waals surface area contributed by atoms with E-state index in [4.69, 9.17) is 4.74 Å². The molecule has 0 saturated carbocycles. The van der Waals surface area contributed by atoms with Gasteiger partial charge in [-0.3, -0.25) is 4.79 Å². The van der Waals surface area contributed by atoms with Crippen LogP contribution in [0.3, 0.4) is 0 Å². The molecule has 0 spiro atoms. The fourth-order valence-electron chi connectivity index (χ4n) is 1.37. The molecule has 0 aliphatic carbocycles. The summed E-state index contributed by atoms with van der Waals surface area (Å²) in [5.41, 5.74) is 5.25. The van der Waals surface area contributed by atoms with E-state index >= 15 is 0 Å². The lowest BCUT2D eigenvalue weighted by molar-refractivity contribution is -0.123. The Labute approximate surface area is 102 Å². The number of nitrogens with zero attached hydrogens (tertiary/aromatic N) is 1. The topological polar surface area (TPSA) is 50.7 Å². The summed E-state index contributed by atoms with van der Waals surface area (Å²) < 4.78 is 5.48. The summed E-state index contributed by atoms with van der Waals surface area (Å²) in [5, 5.41) is 3.82. The zero-order chi connectivity index (χ0) is 12.8. The molecule has 1 aromatic carbocycles. The number of amides is 1. The number of benzene rings is 1. The third kappa shape index (κ3) is 4.26. The first kappa shape index (κ1) is 13.2. The number of carbonyl (C=O) groups excluding carboxylic acids is 1. The lowest BCUT2D eigenvalue weighted by atomic mass is 10.1. The highest BCUT2D eigenvalue weighted by Gasteiger charge is 2.06. The molecule has 1 N–H and O–H groups in total. The normalized spacial score (nSPS) is 9.65. The van der Waals surface area contributed by atoms with Crippen LogP contribution in [0, 0.1) is 13.8 Å². The molecular weight excluding hydrogens is 216 g/mol. The van der Waals surface area contributed by atoms with Gasteiger partial charge < -0.3 is 4.74 Å². The van der Waals surface area contributed by atoms with Crippen molar-refractivity contribution in [3.05, 3.63) is 29.3 Å². The number of aryl methyl sites for hydroxylation is 2. The van der Waals surface area contributed by atoms with Crippen molar-refractivity contribution in [1.82, 2.24) is 5.43 Å². The first-order valence-corrected chi connectivity index (χ1v) is 5.49. The summed E-state index contributed by atoms with van der Waals surface area (Å²) in [4.78, 5) is 11.4. The van der Waals surface area contributed by atoms with E-state index in [1.165, 1.54) is 0 Å². The summed E-state index contributed by atoms with van der Waals surface area (Å²) in [5.74, 6) is 0.508. The van der Waals surface area contributed by atoms with E-state index in [1.807, 2.05) is 45.9 Å². The molecule has 0 saturated heterocycles. The van der Waals surface area contributed by atoms with Gasteiger partial charge in [0.25, 0.3) is 5.91 Å². The van der Waals surface area contributed by atoms with Crippen LogP contribution in [0.1, 0.15) is 25.0 Å². The van der Waals surface area contributed by atoms with Crippen LogP contribution in [-0.2, 0) is 4.79 Å². The molecule has 0 unspecified atom stereocenters. The SMILES string of the molecule is CC(C)=NNC(=O)COc1c(C)cccc1C. The van der Waals surface area contributed by atoms with Crippen LogP contribution in [0.5, 0.6) is 5.75 Å². The molecule has 1 aromatic rings. The molecule has 92 valence electrons. The molecule has 0 fully saturated rings. The van der Waals surface area contributed by atoms with Gasteiger partial charge in [0.15, 0.2) is 6.61 Å². The molecule has 4 heteroatoms. The third-order valence-corrected chi connectivity index (χ3v) is 2.16. The van der Waals surface area contributed by atoms with E-state index < -0.39 is 0 Å². The Hall–Kier alpha value is -1.84. The monoisotopic (exact) mass is 234 g/mol. The Kier molecular flexibility index (Phi) is 4.69. The lowest BCUT2D eigenvalue weighted by Gasteiger charge is -2.10. The second-order valence-corrected chi connectivity index (χ2v) is 4.10. The molecule has 1 amide bonds. The number of para-hydroxylation sites is 1. The van der Waals surface area contributed by atoms with Crippen LogP contribution in [0.2, 0.25) is 0 Å². The van der Waals surface area contributed by atoms with Crippen LogP contribution in [0.25, 0.3) is 0 Å². The lowest BCUT2D eigenvalue weighted by Crippen LogP contribution is -2.25. The molecule has 0 radical (unpaired) electrons. The van der Waals surface area contributed by atoms with Gasteiger partial charge in [0.1, 0.15) is 5.75 Å². The van der Waals surface area contributed by atoms with Gasteiger partial charge in [0, 0.05) is 5.71 Å². The number of ether oxygens (including phenoxy) is 1. The van der Waals surface area contributed by atoms with Crippen LogP contribution < -0.4 is 10.2 Å². The van der Waals surface area contributed by atoms with E-state index in [9.17, 15) is 4.79 Å². The van der Waals surface area contributed by atoms with Crippen molar-refractivity contribution in [3.8, 4) is 5.75 Å². The molecule has 0 aliphatic rings. The molecule has 1 rings (SSSR count). The maximum Gasteiger partial charge on any atom is 0.277 e. The second-order valence-electron chi connectivity index (χ2n) is 4.10. The Bertz CT molecular complexity index is 415. The van der Waals surface area contributed by atoms with Gasteiger partial charge in [0.2, 0.25) is 0 Å². The van der Waals surface area contributed by atoms with Crippen LogP contribution in [-0.4, -0.2) is 18.2 Å². The highest BCUT2D eigenvalue weighted by Crippen LogP contribution is 2.21. The Morgan fingerprint density at radius 1 is 1.29 bits per heavy atom. The van der Waals surface area contributed by atoms with Gasteiger partial charge in [-0.2, -0.15) is 5.10 Å². The fraction of sp³-hybridized carbons (Fsp3) is 0.385. The van der Waals surface area contributed by atoms with Gasteiger partial charge in [-0.15, -0.1) is 0 Å². The molecule has 0 atom stereocenters. The van der Waals surface area contributed by atoms with Crippen LogP contribution in [0.15, 0.2) is 23.3 Å². The number of carbonyl (C=O) groups is 1. The van der Waals surface area contributed by atoms with Crippen molar-refractivity contribution < 1.29 is 9.53 Å². The van der Waals surface area contributed by atoms with Gasteiger partial charge in [-0.1, -0.05) is 18.2 Å². The summed E-state index contributed by atoms with van der Waals surface area (Å²) in [7, 11) is 0. The van der Waals surface area contributed by atoms with E-state index in [-0.39, 0.29) is 12.5 Å². The molecule has 0 aliphatic heterocycles. The smallest absolute Gasteiger partial charge is 0.277 e. The average molecular weight is 234 g/mol. The van der Waals surface area contributed by atoms with Crippen LogP contribution >= 0.6 is 0 Å². The van der Waals surface area contributed by atoms with Gasteiger partial charge in [-0.25, -0.2) is 5.43 Å². The standard InChI is InChI=1S/C13H18N2O2/c1-9(2)14-15-12(16)8-17-13-10(3)6-5-7-11(13)4/h5-7H,8H2,1-4H3,(H,15,16). The largest absolute Gasteiger partial charge is 0.483 e. The van der Waals surface area contributed by atoms with Crippen molar-refractivity contribution in [2.45, 2.75) is 27.7 Å². The maximum absolute atomic E-state index is 11.4. The highest BCUT2D eigenvalue weighted by molar-refractivity contribution is 5.83. The minimum Gasteiger partial charge on any atom is -0.483 e. The number of hydrogen-bond donors (Lipinski definition) is 1.